The van der Waals surface area contributed by atoms with E-state index < -0.39 is 5.97 Å². The maximum Gasteiger partial charge on any atom is 0.337 e. The fourth-order valence-corrected chi connectivity index (χ4v) is 4.90. The summed E-state index contributed by atoms with van der Waals surface area (Å²) in [4.78, 5) is 16.9. The van der Waals surface area contributed by atoms with E-state index in [2.05, 4.69) is 11.2 Å². The minimum Gasteiger partial charge on any atom is -0.491 e. The highest BCUT2D eigenvalue weighted by atomic mass is 16.5. The molecular formula is C28H29N5O5. The Morgan fingerprint density at radius 1 is 1.11 bits per heavy atom. The van der Waals surface area contributed by atoms with Gasteiger partial charge in [0.05, 0.1) is 60.9 Å². The van der Waals surface area contributed by atoms with Gasteiger partial charge in [-0.15, -0.1) is 0 Å². The summed E-state index contributed by atoms with van der Waals surface area (Å²) in [6, 6.07) is 7.31. The molecule has 4 aromatic rings. The van der Waals surface area contributed by atoms with E-state index in [4.69, 9.17) is 29.0 Å². The van der Waals surface area contributed by atoms with Gasteiger partial charge in [-0.1, -0.05) is 6.07 Å². The quantitative estimate of drug-likeness (QED) is 0.362. The number of pyridine rings is 1. The van der Waals surface area contributed by atoms with Crippen LogP contribution in [0.15, 0.2) is 36.7 Å². The van der Waals surface area contributed by atoms with Crippen molar-refractivity contribution < 1.29 is 23.7 Å². The Morgan fingerprint density at radius 3 is 2.87 bits per heavy atom. The normalized spacial score (nSPS) is 17.8. The first-order valence-electron chi connectivity index (χ1n) is 12.7. The molecule has 0 N–H and O–H groups in total. The standard InChI is InChI=1S/C28H29N5O5/c1-32-25-17-36-11-12-37-26-13-19(28(34)35-2)7-6-18(26)8-9-22-20-14-23(21(25)15-30-32)29-16-24(20)33(31-22)27-5-3-4-10-38-27/h6-9,13-16,27H,3-5,10-12,17H2,1-2H3. The minimum absolute atomic E-state index is 0.132. The SMILES string of the molecule is COC(=O)c1ccc2c(c1)OCCOCc1c(cnn1C)-c1cc3c(nn(C4CCCCO4)c3cn1)C=C2. The first kappa shape index (κ1) is 24.3. The minimum atomic E-state index is -0.423. The number of aromatic nitrogens is 5. The zero-order chi connectivity index (χ0) is 26.1. The lowest BCUT2D eigenvalue weighted by molar-refractivity contribution is -0.0367. The number of aryl methyl sites for hydroxylation is 1. The number of carbonyl (C=O) groups is 1. The van der Waals surface area contributed by atoms with Gasteiger partial charge < -0.3 is 18.9 Å². The second kappa shape index (κ2) is 10.4. The molecule has 10 nitrogen and oxygen atoms in total. The van der Waals surface area contributed by atoms with Crippen LogP contribution in [0.25, 0.3) is 34.3 Å². The van der Waals surface area contributed by atoms with Gasteiger partial charge in [-0.05, 0) is 49.6 Å². The maximum absolute atomic E-state index is 12.1. The number of fused-ring (bicyclic) bond motifs is 4. The molecule has 1 fully saturated rings. The molecule has 2 aliphatic heterocycles. The molecule has 1 atom stereocenters. The van der Waals surface area contributed by atoms with Crippen LogP contribution in [0.2, 0.25) is 0 Å². The molecule has 0 spiro atoms. The first-order valence-corrected chi connectivity index (χ1v) is 12.7. The molecule has 196 valence electrons. The number of ether oxygens (including phenoxy) is 4. The molecule has 0 amide bonds. The van der Waals surface area contributed by atoms with Crippen LogP contribution < -0.4 is 4.74 Å². The largest absolute Gasteiger partial charge is 0.491 e. The van der Waals surface area contributed by atoms with Gasteiger partial charge in [-0.25, -0.2) is 9.48 Å². The van der Waals surface area contributed by atoms with Gasteiger partial charge in [0, 0.05) is 30.2 Å². The molecule has 0 radical (unpaired) electrons. The average Bonchev–Trinajstić information content (AvgIpc) is 3.51. The van der Waals surface area contributed by atoms with Crippen LogP contribution in [0, 0.1) is 0 Å². The number of carbonyl (C=O) groups excluding carboxylic acids is 1. The lowest BCUT2D eigenvalue weighted by Gasteiger charge is -2.23. The van der Waals surface area contributed by atoms with Crippen LogP contribution in [0.3, 0.4) is 0 Å². The van der Waals surface area contributed by atoms with Gasteiger partial charge in [-0.2, -0.15) is 10.2 Å². The van der Waals surface area contributed by atoms with E-state index in [1.54, 1.807) is 16.8 Å². The third-order valence-corrected chi connectivity index (χ3v) is 6.97. The molecule has 0 saturated carbocycles. The van der Waals surface area contributed by atoms with Crippen molar-refractivity contribution in [1.82, 2.24) is 24.5 Å². The smallest absolute Gasteiger partial charge is 0.337 e. The Kier molecular flexibility index (Phi) is 6.65. The van der Waals surface area contributed by atoms with Gasteiger partial charge in [0.1, 0.15) is 12.4 Å². The van der Waals surface area contributed by atoms with Crippen molar-refractivity contribution in [1.29, 1.82) is 0 Å². The molecule has 2 bridgehead atoms. The van der Waals surface area contributed by atoms with Gasteiger partial charge in [-0.3, -0.25) is 9.67 Å². The molecule has 6 rings (SSSR count). The number of nitrogens with zero attached hydrogens (tertiary/aromatic N) is 5. The number of hydrogen-bond donors (Lipinski definition) is 0. The maximum atomic E-state index is 12.1. The Bertz CT molecular complexity index is 1520. The summed E-state index contributed by atoms with van der Waals surface area (Å²) in [6.45, 7) is 1.73. The zero-order valence-electron chi connectivity index (χ0n) is 21.4. The average molecular weight is 516 g/mol. The van der Waals surface area contributed by atoms with Crippen LogP contribution in [0.1, 0.15) is 52.8 Å². The Balaban J connectivity index is 1.50. The van der Waals surface area contributed by atoms with E-state index >= 15 is 0 Å². The lowest BCUT2D eigenvalue weighted by Crippen LogP contribution is -2.19. The number of esters is 1. The Morgan fingerprint density at radius 2 is 2.03 bits per heavy atom. The molecule has 10 heteroatoms. The molecule has 38 heavy (non-hydrogen) atoms. The monoisotopic (exact) mass is 515 g/mol. The summed E-state index contributed by atoms with van der Waals surface area (Å²) >= 11 is 0. The molecule has 1 saturated heterocycles. The zero-order valence-corrected chi connectivity index (χ0v) is 21.4. The molecule has 1 unspecified atom stereocenters. The summed E-state index contributed by atoms with van der Waals surface area (Å²) in [7, 11) is 3.25. The second-order valence-corrected chi connectivity index (χ2v) is 9.34. The molecule has 0 aliphatic carbocycles. The predicted molar refractivity (Wildman–Crippen MR) is 140 cm³/mol. The van der Waals surface area contributed by atoms with Crippen molar-refractivity contribution in [2.75, 3.05) is 26.9 Å². The van der Waals surface area contributed by atoms with E-state index in [1.807, 2.05) is 42.3 Å². The van der Waals surface area contributed by atoms with Gasteiger partial charge in [0.2, 0.25) is 0 Å². The van der Waals surface area contributed by atoms with Crippen LogP contribution in [-0.2, 0) is 27.9 Å². The fraction of sp³-hybridized carbons (Fsp3) is 0.357. The highest BCUT2D eigenvalue weighted by Crippen LogP contribution is 2.33. The van der Waals surface area contributed by atoms with E-state index in [0.29, 0.717) is 31.1 Å². The van der Waals surface area contributed by atoms with Crippen LogP contribution in [0.5, 0.6) is 5.75 Å². The third-order valence-electron chi connectivity index (χ3n) is 6.97. The topological polar surface area (TPSA) is 103 Å². The number of rotatable bonds is 2. The van der Waals surface area contributed by atoms with E-state index in [0.717, 1.165) is 65.0 Å². The summed E-state index contributed by atoms with van der Waals surface area (Å²) in [6.07, 6.45) is 10.5. The highest BCUT2D eigenvalue weighted by Gasteiger charge is 2.22. The summed E-state index contributed by atoms with van der Waals surface area (Å²) in [5.41, 5.74) is 5.55. The number of hydrogen-bond acceptors (Lipinski definition) is 8. The van der Waals surface area contributed by atoms with Crippen LogP contribution in [-0.4, -0.2) is 57.4 Å². The third kappa shape index (κ3) is 4.57. The molecule has 5 heterocycles. The summed E-state index contributed by atoms with van der Waals surface area (Å²) < 4.78 is 26.7. The van der Waals surface area contributed by atoms with Crippen molar-refractivity contribution >= 4 is 29.0 Å². The number of benzene rings is 1. The summed E-state index contributed by atoms with van der Waals surface area (Å²) in [5, 5.41) is 10.4. The summed E-state index contributed by atoms with van der Waals surface area (Å²) in [5.74, 6) is 0.138. The van der Waals surface area contributed by atoms with Crippen LogP contribution >= 0.6 is 0 Å². The van der Waals surface area contributed by atoms with Crippen molar-refractivity contribution in [3.63, 3.8) is 0 Å². The van der Waals surface area contributed by atoms with E-state index in [9.17, 15) is 4.79 Å². The first-order chi connectivity index (χ1) is 18.6. The molecule has 2 aliphatic rings. The van der Waals surface area contributed by atoms with E-state index in [1.165, 1.54) is 7.11 Å². The van der Waals surface area contributed by atoms with Crippen molar-refractivity contribution in [2.24, 2.45) is 7.05 Å². The van der Waals surface area contributed by atoms with Crippen molar-refractivity contribution in [3.8, 4) is 17.0 Å². The predicted octanol–water partition coefficient (Wildman–Crippen LogP) is 4.40. The highest BCUT2D eigenvalue weighted by molar-refractivity contribution is 5.93. The molecule has 3 aromatic heterocycles. The Labute approximate surface area is 219 Å². The fourth-order valence-electron chi connectivity index (χ4n) is 4.90. The second-order valence-electron chi connectivity index (χ2n) is 9.34. The van der Waals surface area contributed by atoms with Crippen molar-refractivity contribution in [3.05, 3.63) is 59.2 Å². The lowest BCUT2D eigenvalue weighted by atomic mass is 10.1. The number of methoxy groups -OCH3 is 1. The molecule has 1 aromatic carbocycles. The van der Waals surface area contributed by atoms with E-state index in [-0.39, 0.29) is 6.23 Å². The Hall–Kier alpha value is -4.02. The van der Waals surface area contributed by atoms with Gasteiger partial charge >= 0.3 is 5.97 Å². The molecular weight excluding hydrogens is 486 g/mol. The van der Waals surface area contributed by atoms with Gasteiger partial charge in [0.25, 0.3) is 0 Å². The van der Waals surface area contributed by atoms with Gasteiger partial charge in [0.15, 0.2) is 6.23 Å². The van der Waals surface area contributed by atoms with Crippen molar-refractivity contribution in [2.45, 2.75) is 32.1 Å². The van der Waals surface area contributed by atoms with Crippen LogP contribution in [0.4, 0.5) is 0 Å².